The number of ether oxygens (including phenoxy) is 4. The van der Waals surface area contributed by atoms with Crippen LogP contribution in [0, 0.1) is 0 Å². The number of nitrogens with one attached hydrogen (secondary N) is 2. The van der Waals surface area contributed by atoms with Crippen LogP contribution in [-0.2, 0) is 24.6 Å². The number of benzene rings is 6. The molecular weight excluding hydrogens is 904 g/mol. The van der Waals surface area contributed by atoms with E-state index >= 15 is 0 Å². The number of esters is 4. The van der Waals surface area contributed by atoms with Gasteiger partial charge < -0.3 is 29.2 Å². The van der Waals surface area contributed by atoms with Crippen LogP contribution in [0.5, 0.6) is 0 Å². The van der Waals surface area contributed by atoms with Crippen LogP contribution in [0.25, 0.3) is 33.9 Å². The normalized spacial score (nSPS) is 12.9. The zero-order valence-electron chi connectivity index (χ0n) is 37.6. The Labute approximate surface area is 403 Å². The fraction of sp³-hybridized carbons (Fsp3) is 0.167. The van der Waals surface area contributed by atoms with Gasteiger partial charge in [0.05, 0.1) is 71.5 Å². The quantitative estimate of drug-likeness (QED) is 0.0747. The Morgan fingerprint density at radius 2 is 0.868 bits per heavy atom. The summed E-state index contributed by atoms with van der Waals surface area (Å²) in [6.45, 7) is 7.85. The zero-order valence-corrected chi connectivity index (χ0v) is 39.1. The number of carbonyl (C=O) groups is 4. The predicted molar refractivity (Wildman–Crippen MR) is 262 cm³/mol. The molecule has 344 valence electrons. The van der Waals surface area contributed by atoms with Crippen LogP contribution in [0.4, 0.5) is 5.95 Å². The number of aromatic amines is 1. The Bertz CT molecular complexity index is 2900. The lowest BCUT2D eigenvalue weighted by atomic mass is 9.89. The summed E-state index contributed by atoms with van der Waals surface area (Å²) in [7, 11) is 0. The Kier molecular flexibility index (Phi) is 14.1. The first kappa shape index (κ1) is 46.8. The minimum absolute atomic E-state index is 0.202. The van der Waals surface area contributed by atoms with Crippen LogP contribution in [0.15, 0.2) is 146 Å². The summed E-state index contributed by atoms with van der Waals surface area (Å²) < 4.78 is 21.3. The standard InChI is InChI=1S/C54H46Cl2N4O8/c1-5-65-49(61)37-25-17-33(18-26-37)45-46(34-19-27-38(28-20-34)50(62)66-6-2)58-53(57-45)60-48(36-23-31-40(32-24-36)52(64)68-8-4)47(35-21-29-39(30-22-35)51(63)67-7-3)59-54(60,41-13-9-11-15-43(41)55)42-14-10-12-16-44(42)56/h9-32,59H,5-8H2,1-4H3,(H,57,58). The van der Waals surface area contributed by atoms with E-state index in [1.807, 2.05) is 65.6 Å². The molecule has 1 aliphatic rings. The summed E-state index contributed by atoms with van der Waals surface area (Å²) in [5, 5.41) is 4.70. The molecule has 6 aromatic carbocycles. The molecule has 0 saturated heterocycles. The maximum Gasteiger partial charge on any atom is 0.338 e. The maximum atomic E-state index is 13.0. The van der Waals surface area contributed by atoms with Gasteiger partial charge in [0, 0.05) is 37.9 Å². The third-order valence-electron chi connectivity index (χ3n) is 11.2. The molecule has 7 aromatic rings. The van der Waals surface area contributed by atoms with Gasteiger partial charge >= 0.3 is 23.9 Å². The Balaban J connectivity index is 1.46. The minimum Gasteiger partial charge on any atom is -0.462 e. The Hall–Kier alpha value is -7.67. The van der Waals surface area contributed by atoms with E-state index in [0.29, 0.717) is 94.4 Å². The highest BCUT2D eigenvalue weighted by atomic mass is 35.5. The SMILES string of the molecule is CCOC(=O)c1ccc(C2=C(c3ccc(C(=O)OCC)cc3)N(c3nc(-c4ccc(C(=O)OCC)cc4)c(-c4ccc(C(=O)OCC)cc4)[nH]3)C(c3ccccc3Cl)(c3ccccc3Cl)N2)cc1. The van der Waals surface area contributed by atoms with Crippen LogP contribution in [-0.4, -0.2) is 60.3 Å². The van der Waals surface area contributed by atoms with Crippen LogP contribution < -0.4 is 10.2 Å². The number of H-pyrrole nitrogens is 1. The number of carbonyl (C=O) groups excluding carboxylic acids is 4. The number of imidazole rings is 1. The highest BCUT2D eigenvalue weighted by molar-refractivity contribution is 6.33. The molecule has 0 spiro atoms. The van der Waals surface area contributed by atoms with Crippen molar-refractivity contribution in [3.63, 3.8) is 0 Å². The minimum atomic E-state index is -1.48. The van der Waals surface area contributed by atoms with Crippen molar-refractivity contribution in [1.29, 1.82) is 0 Å². The van der Waals surface area contributed by atoms with Gasteiger partial charge in [-0.05, 0) is 93.9 Å². The molecule has 12 nitrogen and oxygen atoms in total. The number of hydrogen-bond acceptors (Lipinski definition) is 11. The number of anilines is 1. The van der Waals surface area contributed by atoms with Crippen molar-refractivity contribution in [3.8, 4) is 22.5 Å². The summed E-state index contributed by atoms with van der Waals surface area (Å²) in [5.41, 5.74) is 6.03. The molecule has 0 aliphatic carbocycles. The van der Waals surface area contributed by atoms with Gasteiger partial charge in [-0.3, -0.25) is 4.90 Å². The fourth-order valence-electron chi connectivity index (χ4n) is 8.17. The summed E-state index contributed by atoms with van der Waals surface area (Å²) in [6.07, 6.45) is 0. The van der Waals surface area contributed by atoms with E-state index in [4.69, 9.17) is 47.1 Å². The third kappa shape index (κ3) is 9.08. The van der Waals surface area contributed by atoms with Crippen molar-refractivity contribution in [1.82, 2.24) is 15.3 Å². The molecule has 14 heteroatoms. The molecule has 0 amide bonds. The lowest BCUT2D eigenvalue weighted by molar-refractivity contribution is 0.0516. The van der Waals surface area contributed by atoms with Gasteiger partial charge in [-0.15, -0.1) is 0 Å². The van der Waals surface area contributed by atoms with Crippen molar-refractivity contribution in [2.75, 3.05) is 31.3 Å². The lowest BCUT2D eigenvalue weighted by Crippen LogP contribution is -2.51. The largest absolute Gasteiger partial charge is 0.462 e. The first-order valence-corrected chi connectivity index (χ1v) is 22.8. The van der Waals surface area contributed by atoms with Crippen LogP contribution in [0.1, 0.15) is 91.4 Å². The first-order chi connectivity index (χ1) is 33.0. The average molecular weight is 950 g/mol. The molecule has 0 atom stereocenters. The number of nitrogens with zero attached hydrogens (tertiary/aromatic N) is 2. The van der Waals surface area contributed by atoms with Crippen molar-refractivity contribution >= 4 is 64.4 Å². The third-order valence-corrected chi connectivity index (χ3v) is 11.9. The second kappa shape index (κ2) is 20.5. The van der Waals surface area contributed by atoms with E-state index in [9.17, 15) is 19.2 Å². The monoisotopic (exact) mass is 948 g/mol. The van der Waals surface area contributed by atoms with Crippen molar-refractivity contribution < 1.29 is 38.1 Å². The summed E-state index contributed by atoms with van der Waals surface area (Å²) in [4.78, 5) is 62.7. The Morgan fingerprint density at radius 1 is 0.500 bits per heavy atom. The van der Waals surface area contributed by atoms with E-state index in [0.717, 1.165) is 0 Å². The summed E-state index contributed by atoms with van der Waals surface area (Å²) in [6, 6.07) is 42.9. The topological polar surface area (TPSA) is 149 Å². The highest BCUT2D eigenvalue weighted by Gasteiger charge is 2.52. The lowest BCUT2D eigenvalue weighted by Gasteiger charge is -2.41. The molecular formula is C54H46Cl2N4O8. The molecule has 8 rings (SSSR count). The number of aromatic nitrogens is 2. The molecule has 0 saturated carbocycles. The maximum absolute atomic E-state index is 13.0. The molecule has 0 radical (unpaired) electrons. The summed E-state index contributed by atoms with van der Waals surface area (Å²) in [5.74, 6) is -1.55. The predicted octanol–water partition coefficient (Wildman–Crippen LogP) is 11.6. The van der Waals surface area contributed by atoms with Crippen LogP contribution in [0.2, 0.25) is 10.0 Å². The molecule has 1 aromatic heterocycles. The molecule has 2 N–H and O–H groups in total. The molecule has 1 aliphatic heterocycles. The van der Waals surface area contributed by atoms with Crippen molar-refractivity contribution in [2.24, 2.45) is 0 Å². The van der Waals surface area contributed by atoms with Crippen LogP contribution in [0.3, 0.4) is 0 Å². The van der Waals surface area contributed by atoms with Gasteiger partial charge in [0.2, 0.25) is 5.95 Å². The summed E-state index contributed by atoms with van der Waals surface area (Å²) >= 11 is 14.6. The van der Waals surface area contributed by atoms with Crippen molar-refractivity contribution in [2.45, 2.75) is 33.4 Å². The van der Waals surface area contributed by atoms with Crippen molar-refractivity contribution in [3.05, 3.63) is 200 Å². The fourth-order valence-corrected chi connectivity index (χ4v) is 8.71. The van der Waals surface area contributed by atoms with E-state index < -0.39 is 29.5 Å². The van der Waals surface area contributed by atoms with E-state index in [1.165, 1.54) is 0 Å². The second-order valence-corrected chi connectivity index (χ2v) is 16.1. The molecule has 68 heavy (non-hydrogen) atoms. The van der Waals surface area contributed by atoms with E-state index in [1.54, 1.807) is 113 Å². The van der Waals surface area contributed by atoms with Gasteiger partial charge in [-0.2, -0.15) is 0 Å². The van der Waals surface area contributed by atoms with Gasteiger partial charge in [0.25, 0.3) is 0 Å². The van der Waals surface area contributed by atoms with E-state index in [2.05, 4.69) is 10.3 Å². The average Bonchev–Trinajstić information content (AvgIpc) is 3.96. The second-order valence-electron chi connectivity index (χ2n) is 15.3. The van der Waals surface area contributed by atoms with Gasteiger partial charge in [-0.1, -0.05) is 108 Å². The van der Waals surface area contributed by atoms with Gasteiger partial charge in [0.15, 0.2) is 5.66 Å². The smallest absolute Gasteiger partial charge is 0.338 e. The van der Waals surface area contributed by atoms with Gasteiger partial charge in [0.1, 0.15) is 0 Å². The highest BCUT2D eigenvalue weighted by Crippen LogP contribution is 2.53. The number of halogens is 2. The number of rotatable bonds is 15. The van der Waals surface area contributed by atoms with E-state index in [-0.39, 0.29) is 26.4 Å². The molecule has 0 fully saturated rings. The number of hydrogen-bond donors (Lipinski definition) is 2. The molecule has 0 bridgehead atoms. The zero-order chi connectivity index (χ0) is 48.0. The van der Waals surface area contributed by atoms with Crippen LogP contribution >= 0.6 is 23.2 Å². The Morgan fingerprint density at radius 3 is 1.26 bits per heavy atom. The molecule has 0 unspecified atom stereocenters. The first-order valence-electron chi connectivity index (χ1n) is 22.1. The van der Waals surface area contributed by atoms with Gasteiger partial charge in [-0.25, -0.2) is 24.2 Å². The molecule has 2 heterocycles.